The molecule has 0 aliphatic carbocycles. The van der Waals surface area contributed by atoms with Crippen molar-refractivity contribution in [1.29, 1.82) is 0 Å². The van der Waals surface area contributed by atoms with Gasteiger partial charge in [0.15, 0.2) is 6.33 Å². The van der Waals surface area contributed by atoms with Crippen LogP contribution < -0.4 is 10.6 Å². The Kier molecular flexibility index (Phi) is 3.99. The zero-order valence-corrected chi connectivity index (χ0v) is 10.6. The summed E-state index contributed by atoms with van der Waals surface area (Å²) in [6.45, 7) is 1.99. The summed E-state index contributed by atoms with van der Waals surface area (Å²) in [4.78, 5) is 29.0. The molecule has 4 N–H and O–H groups in total. The van der Waals surface area contributed by atoms with Crippen molar-refractivity contribution < 1.29 is 19.2 Å². The molecule has 2 amide bonds. The molecule has 0 aromatic carbocycles. The lowest BCUT2D eigenvalue weighted by atomic mass is 10.3. The van der Waals surface area contributed by atoms with E-state index in [0.717, 1.165) is 0 Å². The van der Waals surface area contributed by atoms with E-state index < -0.39 is 12.0 Å². The fraction of sp³-hybridized carbons (Fsp3) is 0.273. The molecule has 2 aromatic heterocycles. The van der Waals surface area contributed by atoms with Crippen LogP contribution in [0.1, 0.15) is 22.1 Å². The fourth-order valence-corrected chi connectivity index (χ4v) is 1.61. The lowest BCUT2D eigenvalue weighted by Crippen LogP contribution is -2.30. The molecule has 0 spiro atoms. The highest BCUT2D eigenvalue weighted by Gasteiger charge is 2.15. The lowest BCUT2D eigenvalue weighted by molar-refractivity contribution is 0.0692. The molecular weight excluding hydrogens is 266 g/mol. The van der Waals surface area contributed by atoms with Crippen molar-refractivity contribution in [1.82, 2.24) is 20.4 Å². The molecule has 0 bridgehead atoms. The van der Waals surface area contributed by atoms with Crippen molar-refractivity contribution in [2.24, 2.45) is 0 Å². The number of carbonyl (C=O) groups is 2. The first-order valence-corrected chi connectivity index (χ1v) is 5.79. The second-order valence-electron chi connectivity index (χ2n) is 4.01. The Bertz CT molecular complexity index is 604. The number of aromatic amines is 1. The number of anilines is 1. The predicted molar refractivity (Wildman–Crippen MR) is 67.5 cm³/mol. The maximum atomic E-state index is 11.6. The van der Waals surface area contributed by atoms with Crippen molar-refractivity contribution in [3.05, 3.63) is 29.7 Å². The number of carbonyl (C=O) groups excluding carboxylic acids is 1. The highest BCUT2D eigenvalue weighted by molar-refractivity contribution is 5.99. The molecule has 0 saturated carbocycles. The number of hydrogen-bond acceptors (Lipinski definition) is 5. The number of aromatic nitrogens is 3. The number of carboxylic acid groups (broad SMARTS) is 1. The minimum Gasteiger partial charge on any atom is -0.477 e. The number of urea groups is 1. The van der Waals surface area contributed by atoms with Gasteiger partial charge in [-0.2, -0.15) is 4.98 Å². The van der Waals surface area contributed by atoms with Gasteiger partial charge >= 0.3 is 12.0 Å². The van der Waals surface area contributed by atoms with Crippen LogP contribution in [0, 0.1) is 6.92 Å². The summed E-state index contributed by atoms with van der Waals surface area (Å²) in [6, 6.07) is 1.03. The number of hydrogen-bond donors (Lipinski definition) is 4. The molecule has 0 atom stereocenters. The molecule has 0 unspecified atom stereocenters. The minimum absolute atomic E-state index is 0.0606. The van der Waals surface area contributed by atoms with Gasteiger partial charge in [0.25, 0.3) is 0 Å². The maximum absolute atomic E-state index is 11.6. The van der Waals surface area contributed by atoms with E-state index in [1.807, 2.05) is 0 Å². The van der Waals surface area contributed by atoms with Gasteiger partial charge in [0.05, 0.1) is 5.69 Å². The van der Waals surface area contributed by atoms with Crippen LogP contribution >= 0.6 is 0 Å². The van der Waals surface area contributed by atoms with Gasteiger partial charge in [-0.3, -0.25) is 0 Å². The third-order valence-corrected chi connectivity index (χ3v) is 2.45. The van der Waals surface area contributed by atoms with Crippen LogP contribution in [0.15, 0.2) is 16.9 Å². The van der Waals surface area contributed by atoms with E-state index in [0.29, 0.717) is 24.6 Å². The van der Waals surface area contributed by atoms with Crippen molar-refractivity contribution in [2.75, 3.05) is 11.9 Å². The predicted octanol–water partition coefficient (Wildman–Crippen LogP) is 0.769. The Balaban J connectivity index is 1.86. The summed E-state index contributed by atoms with van der Waals surface area (Å²) >= 11 is 0. The summed E-state index contributed by atoms with van der Waals surface area (Å²) in [5, 5.41) is 17.4. The molecule has 0 saturated heterocycles. The monoisotopic (exact) mass is 279 g/mol. The Morgan fingerprint density at radius 2 is 2.30 bits per heavy atom. The van der Waals surface area contributed by atoms with Crippen LogP contribution in [-0.4, -0.2) is 38.8 Å². The topological polar surface area (TPSA) is 133 Å². The van der Waals surface area contributed by atoms with Crippen molar-refractivity contribution in [3.63, 3.8) is 0 Å². The van der Waals surface area contributed by atoms with Crippen molar-refractivity contribution in [3.8, 4) is 0 Å². The third kappa shape index (κ3) is 3.34. The van der Waals surface area contributed by atoms with Gasteiger partial charge in [-0.1, -0.05) is 5.16 Å². The number of rotatable bonds is 5. The van der Waals surface area contributed by atoms with E-state index in [9.17, 15) is 9.59 Å². The number of amides is 2. The zero-order valence-electron chi connectivity index (χ0n) is 10.6. The Morgan fingerprint density at radius 1 is 1.50 bits per heavy atom. The molecule has 0 aliphatic heterocycles. The minimum atomic E-state index is -1.14. The molecule has 0 radical (unpaired) electrons. The highest BCUT2D eigenvalue weighted by atomic mass is 16.5. The zero-order chi connectivity index (χ0) is 14.5. The number of carboxylic acids is 1. The Labute approximate surface area is 113 Å². The van der Waals surface area contributed by atoms with Crippen molar-refractivity contribution >= 4 is 17.7 Å². The van der Waals surface area contributed by atoms with Crippen LogP contribution in [0.3, 0.4) is 0 Å². The second kappa shape index (κ2) is 5.87. The van der Waals surface area contributed by atoms with Crippen LogP contribution in [0.4, 0.5) is 10.5 Å². The summed E-state index contributed by atoms with van der Waals surface area (Å²) in [5.41, 5.74) is 0.795. The first kappa shape index (κ1) is 13.6. The summed E-state index contributed by atoms with van der Waals surface area (Å²) in [7, 11) is 0. The molecule has 9 heteroatoms. The SMILES string of the molecule is Cc1cc(NC(=O)NCCc2ncno2)c(C(=O)O)[nH]1. The van der Waals surface area contributed by atoms with Gasteiger partial charge < -0.3 is 25.2 Å². The Hall–Kier alpha value is -2.84. The molecular formula is C11H13N5O4. The number of nitrogens with one attached hydrogen (secondary N) is 3. The van der Waals surface area contributed by atoms with Crippen LogP contribution in [0.2, 0.25) is 0 Å². The molecule has 20 heavy (non-hydrogen) atoms. The van der Waals surface area contributed by atoms with Gasteiger partial charge in [-0.25, -0.2) is 9.59 Å². The van der Waals surface area contributed by atoms with E-state index in [1.165, 1.54) is 6.33 Å². The molecule has 106 valence electrons. The standard InChI is InChI=1S/C11H13N5O4/c1-6-4-7(9(15-6)10(17)18)16-11(19)12-3-2-8-13-5-14-20-8/h4-5,15H,2-3H2,1H3,(H,17,18)(H2,12,16,19). The lowest BCUT2D eigenvalue weighted by Gasteiger charge is -2.05. The van der Waals surface area contributed by atoms with Crippen LogP contribution in [-0.2, 0) is 6.42 Å². The van der Waals surface area contributed by atoms with E-state index in [-0.39, 0.29) is 11.4 Å². The molecule has 2 aromatic rings. The quantitative estimate of drug-likeness (QED) is 0.638. The van der Waals surface area contributed by atoms with Gasteiger partial charge in [0, 0.05) is 18.7 Å². The summed E-state index contributed by atoms with van der Waals surface area (Å²) < 4.78 is 4.77. The average Bonchev–Trinajstić information content (AvgIpc) is 2.99. The largest absolute Gasteiger partial charge is 0.477 e. The third-order valence-electron chi connectivity index (χ3n) is 2.45. The van der Waals surface area contributed by atoms with Crippen molar-refractivity contribution in [2.45, 2.75) is 13.3 Å². The average molecular weight is 279 g/mol. The van der Waals surface area contributed by atoms with Gasteiger partial charge in [-0.05, 0) is 13.0 Å². The van der Waals surface area contributed by atoms with E-state index in [2.05, 4.69) is 25.8 Å². The number of aromatic carboxylic acids is 1. The molecule has 0 aliphatic rings. The second-order valence-corrected chi connectivity index (χ2v) is 4.01. The van der Waals surface area contributed by atoms with Crippen LogP contribution in [0.5, 0.6) is 0 Å². The maximum Gasteiger partial charge on any atom is 0.354 e. The molecule has 9 nitrogen and oxygen atoms in total. The highest BCUT2D eigenvalue weighted by Crippen LogP contribution is 2.16. The van der Waals surface area contributed by atoms with E-state index in [4.69, 9.17) is 9.63 Å². The number of aryl methyl sites for hydroxylation is 1. The van der Waals surface area contributed by atoms with E-state index >= 15 is 0 Å². The first-order valence-electron chi connectivity index (χ1n) is 5.79. The van der Waals surface area contributed by atoms with Crippen LogP contribution in [0.25, 0.3) is 0 Å². The smallest absolute Gasteiger partial charge is 0.354 e. The summed E-state index contributed by atoms with van der Waals surface area (Å²) in [5.74, 6) is -0.728. The normalized spacial score (nSPS) is 10.2. The van der Waals surface area contributed by atoms with E-state index in [1.54, 1.807) is 13.0 Å². The molecule has 0 fully saturated rings. The van der Waals surface area contributed by atoms with Gasteiger partial charge in [-0.15, -0.1) is 0 Å². The summed E-state index contributed by atoms with van der Waals surface area (Å²) in [6.07, 6.45) is 1.67. The fourth-order valence-electron chi connectivity index (χ4n) is 1.61. The Morgan fingerprint density at radius 3 is 2.95 bits per heavy atom. The molecule has 2 heterocycles. The molecule has 2 rings (SSSR count). The van der Waals surface area contributed by atoms with Gasteiger partial charge in [0.1, 0.15) is 5.69 Å². The number of nitrogens with zero attached hydrogens (tertiary/aromatic N) is 2. The van der Waals surface area contributed by atoms with Gasteiger partial charge in [0.2, 0.25) is 5.89 Å². The number of H-pyrrole nitrogens is 1. The first-order chi connectivity index (χ1) is 9.56.